The van der Waals surface area contributed by atoms with E-state index in [0.29, 0.717) is 11.4 Å². The molecule has 0 saturated carbocycles. The maximum Gasteiger partial charge on any atom is 0.335 e. The minimum absolute atomic E-state index is 0.137. The van der Waals surface area contributed by atoms with Gasteiger partial charge in [-0.25, -0.2) is 4.79 Å². The third-order valence-electron chi connectivity index (χ3n) is 3.13. The second-order valence-corrected chi connectivity index (χ2v) is 5.32. The van der Waals surface area contributed by atoms with Gasteiger partial charge in [-0.3, -0.25) is 4.68 Å². The van der Waals surface area contributed by atoms with Crippen LogP contribution in [-0.2, 0) is 20.1 Å². The molecule has 0 saturated heterocycles. The molecule has 7 heteroatoms. The summed E-state index contributed by atoms with van der Waals surface area (Å²) in [6.07, 6.45) is 0.811. The average Bonchev–Trinajstić information content (AvgIpc) is 2.72. The Labute approximate surface area is 130 Å². The Balaban J connectivity index is 2.22. The summed E-state index contributed by atoms with van der Waals surface area (Å²) in [5.74, 6) is -0.670. The highest BCUT2D eigenvalue weighted by molar-refractivity contribution is 9.10. The van der Waals surface area contributed by atoms with Crippen molar-refractivity contribution in [2.24, 2.45) is 7.05 Å². The molecular weight excluding hydrogens is 338 g/mol. The van der Waals surface area contributed by atoms with Gasteiger partial charge in [0.1, 0.15) is 12.4 Å². The highest BCUT2D eigenvalue weighted by Crippen LogP contribution is 2.27. The number of aryl methyl sites for hydroxylation is 2. The first-order chi connectivity index (χ1) is 9.93. The van der Waals surface area contributed by atoms with Crippen molar-refractivity contribution < 1.29 is 14.6 Å². The fourth-order valence-corrected chi connectivity index (χ4v) is 2.65. The Hall–Kier alpha value is -2.02. The van der Waals surface area contributed by atoms with E-state index < -0.39 is 5.97 Å². The molecule has 0 atom stereocenters. The average molecular weight is 354 g/mol. The number of rotatable bonds is 5. The molecule has 3 N–H and O–H groups in total. The van der Waals surface area contributed by atoms with E-state index in [0.717, 1.165) is 22.3 Å². The molecule has 0 amide bonds. The number of nitrogens with two attached hydrogens (primary N) is 1. The van der Waals surface area contributed by atoms with Crippen molar-refractivity contribution in [1.29, 1.82) is 0 Å². The van der Waals surface area contributed by atoms with Crippen molar-refractivity contribution in [1.82, 2.24) is 9.78 Å². The first-order valence-corrected chi connectivity index (χ1v) is 7.19. The van der Waals surface area contributed by atoms with Gasteiger partial charge in [0, 0.05) is 7.05 Å². The Morgan fingerprint density at radius 1 is 1.52 bits per heavy atom. The Morgan fingerprint density at radius 2 is 2.24 bits per heavy atom. The number of halogens is 1. The number of aromatic carboxylic acids is 1. The number of carbonyl (C=O) groups is 1. The molecule has 112 valence electrons. The number of nitrogen functional groups attached to an aromatic ring is 1. The van der Waals surface area contributed by atoms with Crippen LogP contribution in [0.15, 0.2) is 22.7 Å². The van der Waals surface area contributed by atoms with Crippen LogP contribution in [0.4, 0.5) is 5.69 Å². The molecule has 0 aliphatic heterocycles. The second kappa shape index (κ2) is 6.17. The number of hydrogen-bond acceptors (Lipinski definition) is 4. The number of carboxylic acids is 1. The maximum absolute atomic E-state index is 11.0. The fraction of sp³-hybridized carbons (Fsp3) is 0.286. The fourth-order valence-electron chi connectivity index (χ4n) is 1.92. The van der Waals surface area contributed by atoms with Gasteiger partial charge in [0.25, 0.3) is 0 Å². The molecule has 0 aliphatic rings. The summed E-state index contributed by atoms with van der Waals surface area (Å²) in [4.78, 5) is 11.0. The normalized spacial score (nSPS) is 10.6. The van der Waals surface area contributed by atoms with Crippen LogP contribution in [0.2, 0.25) is 0 Å². The van der Waals surface area contributed by atoms with Gasteiger partial charge >= 0.3 is 5.97 Å². The number of benzene rings is 1. The molecule has 1 aromatic heterocycles. The van der Waals surface area contributed by atoms with Crippen LogP contribution in [-0.4, -0.2) is 20.9 Å². The maximum atomic E-state index is 11.0. The third-order valence-corrected chi connectivity index (χ3v) is 4.04. The lowest BCUT2D eigenvalue weighted by atomic mass is 10.2. The summed E-state index contributed by atoms with van der Waals surface area (Å²) >= 11 is 3.50. The summed E-state index contributed by atoms with van der Waals surface area (Å²) < 4.78 is 8.29. The highest BCUT2D eigenvalue weighted by Gasteiger charge is 2.14. The number of anilines is 1. The molecule has 2 rings (SSSR count). The van der Waals surface area contributed by atoms with Crippen LogP contribution < -0.4 is 10.5 Å². The van der Waals surface area contributed by atoms with Gasteiger partial charge in [-0.2, -0.15) is 5.10 Å². The molecule has 0 unspecified atom stereocenters. The number of nitrogens with zero attached hydrogens (tertiary/aromatic N) is 2. The van der Waals surface area contributed by atoms with E-state index in [-0.39, 0.29) is 12.2 Å². The van der Waals surface area contributed by atoms with E-state index in [1.807, 2.05) is 14.0 Å². The van der Waals surface area contributed by atoms with E-state index >= 15 is 0 Å². The zero-order chi connectivity index (χ0) is 15.6. The van der Waals surface area contributed by atoms with Crippen molar-refractivity contribution in [3.63, 3.8) is 0 Å². The zero-order valence-corrected chi connectivity index (χ0v) is 13.3. The van der Waals surface area contributed by atoms with Crippen molar-refractivity contribution >= 4 is 27.6 Å². The Bertz CT molecular complexity index is 682. The topological polar surface area (TPSA) is 90.4 Å². The van der Waals surface area contributed by atoms with E-state index in [1.165, 1.54) is 18.2 Å². The van der Waals surface area contributed by atoms with Crippen molar-refractivity contribution in [3.8, 4) is 5.75 Å². The first-order valence-electron chi connectivity index (χ1n) is 6.39. The summed E-state index contributed by atoms with van der Waals surface area (Å²) in [6.45, 7) is 2.27. The molecule has 21 heavy (non-hydrogen) atoms. The van der Waals surface area contributed by atoms with Gasteiger partial charge in [-0.15, -0.1) is 0 Å². The van der Waals surface area contributed by atoms with Crippen LogP contribution in [0.3, 0.4) is 0 Å². The lowest BCUT2D eigenvalue weighted by Gasteiger charge is -2.10. The summed E-state index contributed by atoms with van der Waals surface area (Å²) in [5, 5.41) is 13.4. The number of ether oxygens (including phenoxy) is 1. The molecule has 2 aromatic rings. The number of carboxylic acid groups (broad SMARTS) is 1. The monoisotopic (exact) mass is 353 g/mol. The predicted molar refractivity (Wildman–Crippen MR) is 82.4 cm³/mol. The smallest absolute Gasteiger partial charge is 0.335 e. The quantitative estimate of drug-likeness (QED) is 0.806. The van der Waals surface area contributed by atoms with E-state index in [9.17, 15) is 4.79 Å². The highest BCUT2D eigenvalue weighted by atomic mass is 79.9. The lowest BCUT2D eigenvalue weighted by Crippen LogP contribution is -2.06. The van der Waals surface area contributed by atoms with Gasteiger partial charge in [-0.1, -0.05) is 6.92 Å². The SMILES string of the molecule is CCc1nn(C)c(COc2cc(C(=O)O)ccc2N)c1Br. The summed E-state index contributed by atoms with van der Waals surface area (Å²) in [7, 11) is 1.83. The van der Waals surface area contributed by atoms with Crippen LogP contribution in [0, 0.1) is 0 Å². The van der Waals surface area contributed by atoms with Gasteiger partial charge in [0.05, 0.1) is 27.1 Å². The van der Waals surface area contributed by atoms with Crippen molar-refractivity contribution in [2.75, 3.05) is 5.73 Å². The minimum Gasteiger partial charge on any atom is -0.485 e. The third kappa shape index (κ3) is 3.18. The van der Waals surface area contributed by atoms with Crippen LogP contribution in [0.1, 0.15) is 28.7 Å². The molecule has 1 heterocycles. The first kappa shape index (κ1) is 15.4. The van der Waals surface area contributed by atoms with Gasteiger partial charge in [0.15, 0.2) is 0 Å². The molecule has 0 aliphatic carbocycles. The van der Waals surface area contributed by atoms with E-state index in [4.69, 9.17) is 15.6 Å². The molecular formula is C14H16BrN3O3. The Morgan fingerprint density at radius 3 is 2.81 bits per heavy atom. The van der Waals surface area contributed by atoms with Crippen LogP contribution in [0.5, 0.6) is 5.75 Å². The number of aromatic nitrogens is 2. The van der Waals surface area contributed by atoms with Crippen LogP contribution in [0.25, 0.3) is 0 Å². The van der Waals surface area contributed by atoms with Crippen LogP contribution >= 0.6 is 15.9 Å². The summed E-state index contributed by atoms with van der Waals surface area (Å²) in [5.41, 5.74) is 8.16. The molecule has 0 fully saturated rings. The van der Waals surface area contributed by atoms with E-state index in [2.05, 4.69) is 21.0 Å². The van der Waals surface area contributed by atoms with Gasteiger partial charge < -0.3 is 15.6 Å². The Kier molecular flexibility index (Phi) is 4.52. The van der Waals surface area contributed by atoms with Crippen molar-refractivity contribution in [3.05, 3.63) is 39.6 Å². The largest absolute Gasteiger partial charge is 0.485 e. The molecule has 0 radical (unpaired) electrons. The van der Waals surface area contributed by atoms with E-state index in [1.54, 1.807) is 4.68 Å². The van der Waals surface area contributed by atoms with Gasteiger partial charge in [0.2, 0.25) is 0 Å². The van der Waals surface area contributed by atoms with Crippen molar-refractivity contribution in [2.45, 2.75) is 20.0 Å². The molecule has 0 bridgehead atoms. The second-order valence-electron chi connectivity index (χ2n) is 4.53. The standard InChI is InChI=1S/C14H16BrN3O3/c1-3-10-13(15)11(18(2)17-10)7-21-12-6-8(14(19)20)4-5-9(12)16/h4-6H,3,7,16H2,1-2H3,(H,19,20). The molecule has 1 aromatic carbocycles. The lowest BCUT2D eigenvalue weighted by molar-refractivity contribution is 0.0696. The molecule has 6 nitrogen and oxygen atoms in total. The predicted octanol–water partition coefficient (Wildman–Crippen LogP) is 2.60. The summed E-state index contributed by atoms with van der Waals surface area (Å²) in [6, 6.07) is 4.39. The minimum atomic E-state index is -1.02. The zero-order valence-electron chi connectivity index (χ0n) is 11.8. The number of hydrogen-bond donors (Lipinski definition) is 2. The van der Waals surface area contributed by atoms with Gasteiger partial charge in [-0.05, 0) is 40.5 Å². The molecule has 0 spiro atoms.